The maximum Gasteiger partial charge on any atom is 0.416 e. The summed E-state index contributed by atoms with van der Waals surface area (Å²) in [6, 6.07) is 4.80. The summed E-state index contributed by atoms with van der Waals surface area (Å²) in [4.78, 5) is 0.387. The van der Waals surface area contributed by atoms with Crippen LogP contribution in [0.15, 0.2) is 60.5 Å². The summed E-state index contributed by atoms with van der Waals surface area (Å²) in [6.45, 7) is 14.5. The van der Waals surface area contributed by atoms with E-state index in [9.17, 15) is 13.2 Å². The Hall–Kier alpha value is -2.12. The van der Waals surface area contributed by atoms with Gasteiger partial charge in [-0.05, 0) is 62.3 Å². The Labute approximate surface area is 202 Å². The van der Waals surface area contributed by atoms with Crippen molar-refractivity contribution in [1.82, 2.24) is 5.32 Å². The van der Waals surface area contributed by atoms with Crippen molar-refractivity contribution in [2.75, 3.05) is 13.2 Å². The van der Waals surface area contributed by atoms with E-state index in [1.807, 2.05) is 39.0 Å². The normalized spacial score (nSPS) is 12.5. The van der Waals surface area contributed by atoms with Crippen molar-refractivity contribution in [3.63, 3.8) is 0 Å². The van der Waals surface area contributed by atoms with Gasteiger partial charge in [-0.25, -0.2) is 0 Å². The third-order valence-corrected chi connectivity index (χ3v) is 5.13. The van der Waals surface area contributed by atoms with Crippen molar-refractivity contribution < 1.29 is 23.0 Å². The topological polar surface area (TPSA) is 41.5 Å². The smallest absolute Gasteiger partial charge is 0.416 e. The number of alkyl halides is 3. The Balaban J connectivity index is 0.000000960. The Bertz CT molecular complexity index is 782. The highest BCUT2D eigenvalue weighted by molar-refractivity contribution is 7.80. The summed E-state index contributed by atoms with van der Waals surface area (Å²) >= 11 is 5.26. The number of aliphatic hydroxyl groups is 1. The second kappa shape index (κ2) is 15.7. The molecule has 0 unspecified atom stereocenters. The number of hydrogen-bond acceptors (Lipinski definition) is 3. The molecule has 0 bridgehead atoms. The fourth-order valence-electron chi connectivity index (χ4n) is 2.57. The average molecular weight is 486 g/mol. The first kappa shape index (κ1) is 30.9. The van der Waals surface area contributed by atoms with Crippen LogP contribution in [0.5, 0.6) is 0 Å². The number of benzene rings is 1. The van der Waals surface area contributed by atoms with Gasteiger partial charge in [-0.15, -0.1) is 6.58 Å². The summed E-state index contributed by atoms with van der Waals surface area (Å²) in [5, 5.41) is 11.5. The minimum Gasteiger partial charge on any atom is -0.494 e. The van der Waals surface area contributed by atoms with Crippen LogP contribution in [0.1, 0.15) is 71.4 Å². The molecule has 3 nitrogen and oxygen atoms in total. The molecule has 0 aliphatic heterocycles. The van der Waals surface area contributed by atoms with Crippen molar-refractivity contribution in [1.29, 1.82) is 0 Å². The molecule has 0 saturated carbocycles. The number of nitrogens with one attached hydrogen (secondary N) is 1. The zero-order chi connectivity index (χ0) is 25.5. The minimum absolute atomic E-state index is 0.197. The number of ether oxygens (including phenoxy) is 1. The summed E-state index contributed by atoms with van der Waals surface area (Å²) in [5.74, 6) is 0.856. The van der Waals surface area contributed by atoms with Gasteiger partial charge >= 0.3 is 6.18 Å². The Kier molecular flexibility index (Phi) is 14.7. The molecule has 2 N–H and O–H groups in total. The lowest BCUT2D eigenvalue weighted by molar-refractivity contribution is -0.137. The van der Waals surface area contributed by atoms with Gasteiger partial charge in [0.15, 0.2) is 0 Å². The quantitative estimate of drug-likeness (QED) is 0.193. The van der Waals surface area contributed by atoms with Crippen LogP contribution in [-0.4, -0.2) is 23.3 Å². The Morgan fingerprint density at radius 3 is 2.21 bits per heavy atom. The van der Waals surface area contributed by atoms with Crippen molar-refractivity contribution in [3.8, 4) is 0 Å². The summed E-state index contributed by atoms with van der Waals surface area (Å²) in [6.07, 6.45) is 4.97. The standard InChI is InChI=1S/C18H22F3NOS.C8H16O/c1-4-6-13(3)23-12-11-16(5-2)22-17(24)14-7-9-15(10-8-14)18(19,20)21;1-4-8(2,3)6-5-7-9/h6-11H,4-5,12H2,1-3H3,(H,22,24);4,9H,1,5-7H2,2-3H3/b13-6+,16-11+;. The zero-order valence-corrected chi connectivity index (χ0v) is 21.2. The van der Waals surface area contributed by atoms with E-state index in [4.69, 9.17) is 22.1 Å². The van der Waals surface area contributed by atoms with Gasteiger partial charge in [-0.3, -0.25) is 0 Å². The molecule has 33 heavy (non-hydrogen) atoms. The highest BCUT2D eigenvalue weighted by Crippen LogP contribution is 2.29. The van der Waals surface area contributed by atoms with E-state index in [-0.39, 0.29) is 12.0 Å². The number of aliphatic hydroxyl groups excluding tert-OH is 1. The Morgan fingerprint density at radius 1 is 1.15 bits per heavy atom. The zero-order valence-electron chi connectivity index (χ0n) is 20.4. The highest BCUT2D eigenvalue weighted by Gasteiger charge is 2.30. The molecule has 0 heterocycles. The number of halogens is 3. The van der Waals surface area contributed by atoms with Gasteiger partial charge in [-0.1, -0.05) is 58.1 Å². The van der Waals surface area contributed by atoms with Crippen molar-refractivity contribution >= 4 is 17.2 Å². The van der Waals surface area contributed by atoms with Crippen LogP contribution in [0, 0.1) is 5.41 Å². The molecule has 0 atom stereocenters. The van der Waals surface area contributed by atoms with E-state index < -0.39 is 11.7 Å². The summed E-state index contributed by atoms with van der Waals surface area (Å²) in [5.41, 5.74) is 0.916. The lowest BCUT2D eigenvalue weighted by Crippen LogP contribution is -2.22. The predicted octanol–water partition coefficient (Wildman–Crippen LogP) is 7.57. The van der Waals surface area contributed by atoms with Gasteiger partial charge in [-0.2, -0.15) is 13.2 Å². The molecule has 0 radical (unpaired) electrons. The molecular formula is C26H38F3NO2S. The van der Waals surface area contributed by atoms with Crippen molar-refractivity contribution in [3.05, 3.63) is 71.7 Å². The number of allylic oxidation sites excluding steroid dienone is 4. The van der Waals surface area contributed by atoms with E-state index in [2.05, 4.69) is 25.7 Å². The molecule has 1 aromatic rings. The van der Waals surface area contributed by atoms with Crippen LogP contribution in [0.4, 0.5) is 13.2 Å². The van der Waals surface area contributed by atoms with Gasteiger partial charge in [0.05, 0.1) is 11.3 Å². The average Bonchev–Trinajstić information content (AvgIpc) is 2.77. The van der Waals surface area contributed by atoms with Crippen LogP contribution in [0.25, 0.3) is 0 Å². The predicted molar refractivity (Wildman–Crippen MR) is 135 cm³/mol. The number of hydrogen-bond donors (Lipinski definition) is 2. The third kappa shape index (κ3) is 13.9. The summed E-state index contributed by atoms with van der Waals surface area (Å²) in [7, 11) is 0. The molecule has 0 aliphatic rings. The molecule has 186 valence electrons. The summed E-state index contributed by atoms with van der Waals surface area (Å²) < 4.78 is 43.2. The van der Waals surface area contributed by atoms with Gasteiger partial charge in [0.1, 0.15) is 11.6 Å². The lowest BCUT2D eigenvalue weighted by atomic mass is 9.88. The Morgan fingerprint density at radius 2 is 1.76 bits per heavy atom. The lowest BCUT2D eigenvalue weighted by Gasteiger charge is -2.17. The largest absolute Gasteiger partial charge is 0.494 e. The van der Waals surface area contributed by atoms with E-state index in [0.717, 1.165) is 42.9 Å². The van der Waals surface area contributed by atoms with E-state index in [1.54, 1.807) is 0 Å². The fraction of sp³-hybridized carbons (Fsp3) is 0.500. The van der Waals surface area contributed by atoms with Gasteiger partial charge in [0, 0.05) is 17.9 Å². The molecule has 7 heteroatoms. The molecule has 0 spiro atoms. The number of rotatable bonds is 11. The molecule has 1 aromatic carbocycles. The SMILES string of the molecule is C=CC(C)(C)CCCO.CC/C=C(\C)OC/C=C(\CC)NC(=S)c1ccc(C(F)(F)F)cc1. The molecule has 0 aromatic heterocycles. The molecule has 0 amide bonds. The first-order chi connectivity index (χ1) is 15.4. The van der Waals surface area contributed by atoms with Gasteiger partial charge in [0.2, 0.25) is 0 Å². The van der Waals surface area contributed by atoms with Crippen LogP contribution in [-0.2, 0) is 10.9 Å². The second-order valence-corrected chi connectivity index (χ2v) is 8.57. The fourth-order valence-corrected chi connectivity index (χ4v) is 2.84. The van der Waals surface area contributed by atoms with Crippen LogP contribution >= 0.6 is 12.2 Å². The second-order valence-electron chi connectivity index (χ2n) is 8.17. The molecule has 0 fully saturated rings. The van der Waals surface area contributed by atoms with Crippen LogP contribution < -0.4 is 5.32 Å². The van der Waals surface area contributed by atoms with E-state index in [1.165, 1.54) is 12.1 Å². The van der Waals surface area contributed by atoms with Crippen molar-refractivity contribution in [2.24, 2.45) is 5.41 Å². The molecule has 1 rings (SSSR count). The van der Waals surface area contributed by atoms with Crippen molar-refractivity contribution in [2.45, 2.75) is 66.5 Å². The maximum atomic E-state index is 12.6. The molecule has 0 aliphatic carbocycles. The monoisotopic (exact) mass is 485 g/mol. The van der Waals surface area contributed by atoms with Crippen LogP contribution in [0.2, 0.25) is 0 Å². The maximum absolute atomic E-state index is 12.6. The molecule has 0 saturated heterocycles. The minimum atomic E-state index is -4.34. The third-order valence-electron chi connectivity index (χ3n) is 4.79. The molecular weight excluding hydrogens is 447 g/mol. The van der Waals surface area contributed by atoms with Gasteiger partial charge < -0.3 is 15.2 Å². The number of thiocarbonyl (C=S) groups is 1. The van der Waals surface area contributed by atoms with Crippen LogP contribution in [0.3, 0.4) is 0 Å². The van der Waals surface area contributed by atoms with Gasteiger partial charge in [0.25, 0.3) is 0 Å². The highest BCUT2D eigenvalue weighted by atomic mass is 32.1. The first-order valence-corrected chi connectivity index (χ1v) is 11.5. The van der Waals surface area contributed by atoms with E-state index in [0.29, 0.717) is 23.6 Å². The first-order valence-electron chi connectivity index (χ1n) is 11.1. The van der Waals surface area contributed by atoms with E-state index >= 15 is 0 Å².